The third-order valence-electron chi connectivity index (χ3n) is 4.07. The van der Waals surface area contributed by atoms with Gasteiger partial charge in [-0.3, -0.25) is 9.48 Å². The molecule has 1 amide bonds. The van der Waals surface area contributed by atoms with E-state index >= 15 is 0 Å². The van der Waals surface area contributed by atoms with Gasteiger partial charge in [0.1, 0.15) is 6.04 Å². The molecule has 2 rings (SSSR count). The number of carbonyl (C=O) groups is 1. The van der Waals surface area contributed by atoms with Crippen LogP contribution in [0.1, 0.15) is 31.9 Å². The lowest BCUT2D eigenvalue weighted by atomic mass is 9.95. The molecule has 0 spiro atoms. The van der Waals surface area contributed by atoms with Crippen molar-refractivity contribution in [2.45, 2.75) is 26.3 Å². The molecule has 0 saturated carbocycles. The van der Waals surface area contributed by atoms with Crippen molar-refractivity contribution in [1.29, 1.82) is 0 Å². The number of nitrogens with zero attached hydrogens (tertiary/aromatic N) is 3. The highest BCUT2D eigenvalue weighted by molar-refractivity contribution is 5.85. The fourth-order valence-corrected chi connectivity index (χ4v) is 2.74. The van der Waals surface area contributed by atoms with Crippen LogP contribution in [0.25, 0.3) is 0 Å². The van der Waals surface area contributed by atoms with E-state index in [1.807, 2.05) is 25.2 Å². The summed E-state index contributed by atoms with van der Waals surface area (Å²) in [5, 5.41) is 7.25. The van der Waals surface area contributed by atoms with Gasteiger partial charge in [0.15, 0.2) is 0 Å². The van der Waals surface area contributed by atoms with Crippen molar-refractivity contribution >= 4 is 18.3 Å². The molecule has 0 aromatic carbocycles. The number of halogens is 1. The van der Waals surface area contributed by atoms with E-state index in [-0.39, 0.29) is 24.4 Å². The van der Waals surface area contributed by atoms with Crippen LogP contribution in [0.4, 0.5) is 0 Å². The van der Waals surface area contributed by atoms with Gasteiger partial charge in [0.25, 0.3) is 0 Å². The lowest BCUT2D eigenvalue weighted by Gasteiger charge is -2.23. The molecule has 1 aromatic heterocycles. The second-order valence-electron chi connectivity index (χ2n) is 5.75. The molecule has 1 saturated heterocycles. The van der Waals surface area contributed by atoms with Crippen molar-refractivity contribution in [3.05, 3.63) is 18.0 Å². The molecule has 20 heavy (non-hydrogen) atoms. The monoisotopic (exact) mass is 300 g/mol. The van der Waals surface area contributed by atoms with Crippen LogP contribution in [0.5, 0.6) is 0 Å². The lowest BCUT2D eigenvalue weighted by molar-refractivity contribution is -0.132. The molecule has 0 bridgehead atoms. The zero-order chi connectivity index (χ0) is 14.0. The average Bonchev–Trinajstić information content (AvgIpc) is 2.99. The maximum Gasteiger partial charge on any atom is 0.244 e. The van der Waals surface area contributed by atoms with Crippen LogP contribution in [0.15, 0.2) is 12.4 Å². The SMILES string of the molecule is CNC(C(=O)N1CCC(C(C)C)C1)c1cnn(C)c1.Cl. The zero-order valence-electron chi connectivity index (χ0n) is 12.7. The van der Waals surface area contributed by atoms with Gasteiger partial charge in [-0.05, 0) is 25.3 Å². The Labute approximate surface area is 127 Å². The number of aromatic nitrogens is 2. The third-order valence-corrected chi connectivity index (χ3v) is 4.07. The number of carbonyl (C=O) groups excluding carboxylic acids is 1. The topological polar surface area (TPSA) is 50.2 Å². The minimum absolute atomic E-state index is 0. The maximum atomic E-state index is 12.6. The number of hydrogen-bond donors (Lipinski definition) is 1. The summed E-state index contributed by atoms with van der Waals surface area (Å²) in [5.41, 5.74) is 0.933. The quantitative estimate of drug-likeness (QED) is 0.919. The van der Waals surface area contributed by atoms with E-state index in [4.69, 9.17) is 0 Å². The number of likely N-dealkylation sites (N-methyl/N-ethyl adjacent to an activating group) is 1. The van der Waals surface area contributed by atoms with Crippen molar-refractivity contribution in [3.8, 4) is 0 Å². The largest absolute Gasteiger partial charge is 0.341 e. The van der Waals surface area contributed by atoms with Gasteiger partial charge >= 0.3 is 0 Å². The Balaban J connectivity index is 0.00000200. The summed E-state index contributed by atoms with van der Waals surface area (Å²) in [6, 6.07) is -0.278. The summed E-state index contributed by atoms with van der Waals surface area (Å²) in [6.07, 6.45) is 4.77. The van der Waals surface area contributed by atoms with Crippen LogP contribution in [0, 0.1) is 11.8 Å². The first-order valence-electron chi connectivity index (χ1n) is 6.97. The van der Waals surface area contributed by atoms with Crippen LogP contribution in [0.3, 0.4) is 0 Å². The van der Waals surface area contributed by atoms with Crippen LogP contribution in [-0.4, -0.2) is 40.7 Å². The summed E-state index contributed by atoms with van der Waals surface area (Å²) in [7, 11) is 3.69. The second kappa shape index (κ2) is 7.09. The van der Waals surface area contributed by atoms with Crippen LogP contribution >= 0.6 is 12.4 Å². The van der Waals surface area contributed by atoms with Crippen molar-refractivity contribution in [2.24, 2.45) is 18.9 Å². The third kappa shape index (κ3) is 3.52. The molecule has 1 aromatic rings. The molecule has 114 valence electrons. The van der Waals surface area contributed by atoms with Crippen molar-refractivity contribution in [2.75, 3.05) is 20.1 Å². The van der Waals surface area contributed by atoms with E-state index in [1.54, 1.807) is 10.9 Å². The maximum absolute atomic E-state index is 12.6. The first kappa shape index (κ1) is 17.0. The number of aryl methyl sites for hydroxylation is 1. The van der Waals surface area contributed by atoms with Crippen molar-refractivity contribution < 1.29 is 4.79 Å². The molecular formula is C14H25ClN4O. The first-order chi connectivity index (χ1) is 9.02. The van der Waals surface area contributed by atoms with Gasteiger partial charge < -0.3 is 10.2 Å². The fraction of sp³-hybridized carbons (Fsp3) is 0.714. The molecule has 1 fully saturated rings. The standard InChI is InChI=1S/C14H24N4O.ClH/c1-10(2)11-5-6-18(9-11)14(19)13(15-3)12-7-16-17(4)8-12;/h7-8,10-11,13,15H,5-6,9H2,1-4H3;1H. The van der Waals surface area contributed by atoms with Gasteiger partial charge in [-0.25, -0.2) is 0 Å². The molecule has 2 unspecified atom stereocenters. The summed E-state index contributed by atoms with van der Waals surface area (Å²) in [4.78, 5) is 14.6. The number of nitrogens with one attached hydrogen (secondary N) is 1. The molecule has 5 nitrogen and oxygen atoms in total. The summed E-state index contributed by atoms with van der Waals surface area (Å²) >= 11 is 0. The highest BCUT2D eigenvalue weighted by Gasteiger charge is 2.32. The Morgan fingerprint density at radius 3 is 2.65 bits per heavy atom. The number of likely N-dealkylation sites (tertiary alicyclic amines) is 1. The summed E-state index contributed by atoms with van der Waals surface area (Å²) in [6.45, 7) is 6.22. The van der Waals surface area contributed by atoms with Crippen LogP contribution in [-0.2, 0) is 11.8 Å². The lowest BCUT2D eigenvalue weighted by Crippen LogP contribution is -2.38. The number of hydrogen-bond acceptors (Lipinski definition) is 3. The number of amides is 1. The molecule has 6 heteroatoms. The molecule has 2 heterocycles. The summed E-state index contributed by atoms with van der Waals surface area (Å²) < 4.78 is 1.73. The molecule has 1 N–H and O–H groups in total. The minimum Gasteiger partial charge on any atom is -0.341 e. The normalized spacial score (nSPS) is 20.1. The van der Waals surface area contributed by atoms with E-state index < -0.39 is 0 Å². The average molecular weight is 301 g/mol. The second-order valence-corrected chi connectivity index (χ2v) is 5.75. The summed E-state index contributed by atoms with van der Waals surface area (Å²) in [5.74, 6) is 1.44. The van der Waals surface area contributed by atoms with Gasteiger partial charge in [-0.2, -0.15) is 5.10 Å². The molecule has 1 aliphatic heterocycles. The van der Waals surface area contributed by atoms with E-state index in [1.165, 1.54) is 0 Å². The van der Waals surface area contributed by atoms with E-state index in [0.717, 1.165) is 25.1 Å². The van der Waals surface area contributed by atoms with E-state index in [9.17, 15) is 4.79 Å². The van der Waals surface area contributed by atoms with Gasteiger partial charge in [0.05, 0.1) is 6.20 Å². The molecule has 2 atom stereocenters. The first-order valence-corrected chi connectivity index (χ1v) is 6.97. The Morgan fingerprint density at radius 2 is 2.20 bits per heavy atom. The van der Waals surface area contributed by atoms with E-state index in [2.05, 4.69) is 24.3 Å². The predicted octanol–water partition coefficient (Wildman–Crippen LogP) is 1.61. The van der Waals surface area contributed by atoms with Gasteiger partial charge in [0.2, 0.25) is 5.91 Å². The van der Waals surface area contributed by atoms with Gasteiger partial charge in [-0.15, -0.1) is 12.4 Å². The smallest absolute Gasteiger partial charge is 0.244 e. The molecule has 1 aliphatic rings. The van der Waals surface area contributed by atoms with Gasteiger partial charge in [-0.1, -0.05) is 13.8 Å². The van der Waals surface area contributed by atoms with E-state index in [0.29, 0.717) is 11.8 Å². The zero-order valence-corrected chi connectivity index (χ0v) is 13.5. The highest BCUT2D eigenvalue weighted by atomic mass is 35.5. The molecule has 0 radical (unpaired) electrons. The van der Waals surface area contributed by atoms with Crippen molar-refractivity contribution in [1.82, 2.24) is 20.0 Å². The Kier molecular flexibility index (Phi) is 6.02. The fourth-order valence-electron chi connectivity index (χ4n) is 2.74. The molecule has 0 aliphatic carbocycles. The Bertz CT molecular complexity index is 446. The Morgan fingerprint density at radius 1 is 1.50 bits per heavy atom. The molecular weight excluding hydrogens is 276 g/mol. The van der Waals surface area contributed by atoms with Crippen molar-refractivity contribution in [3.63, 3.8) is 0 Å². The van der Waals surface area contributed by atoms with Crippen LogP contribution in [0.2, 0.25) is 0 Å². The van der Waals surface area contributed by atoms with Crippen LogP contribution < -0.4 is 5.32 Å². The number of rotatable bonds is 4. The Hall–Kier alpha value is -1.07. The minimum atomic E-state index is -0.278. The predicted molar refractivity (Wildman–Crippen MR) is 81.8 cm³/mol. The van der Waals surface area contributed by atoms with Gasteiger partial charge in [0, 0.05) is 31.9 Å². The highest BCUT2D eigenvalue weighted by Crippen LogP contribution is 2.26.